The summed E-state index contributed by atoms with van der Waals surface area (Å²) in [6.07, 6.45) is 6.60. The number of hydrogen-bond acceptors (Lipinski definition) is 4. The van der Waals surface area contributed by atoms with Gasteiger partial charge in [0.2, 0.25) is 0 Å². The van der Waals surface area contributed by atoms with Crippen molar-refractivity contribution in [3.05, 3.63) is 22.7 Å². The largest absolute Gasteiger partial charge is 0.365 e. The molecule has 1 aromatic heterocycles. The van der Waals surface area contributed by atoms with Crippen LogP contribution in [-0.2, 0) is 6.54 Å². The number of nitrogens with one attached hydrogen (secondary N) is 1. The summed E-state index contributed by atoms with van der Waals surface area (Å²) in [7, 11) is 0. The predicted octanol–water partition coefficient (Wildman–Crippen LogP) is 1.44. The lowest BCUT2D eigenvalue weighted by Crippen LogP contribution is -2.26. The fraction of sp³-hybridized carbons (Fsp3) is 0.692. The van der Waals surface area contributed by atoms with E-state index in [1.165, 1.54) is 0 Å². The Bertz CT molecular complexity index is 396. The van der Waals surface area contributed by atoms with Crippen LogP contribution in [0.3, 0.4) is 0 Å². The molecule has 1 atom stereocenters. The Labute approximate surface area is 108 Å². The van der Waals surface area contributed by atoms with Crippen LogP contribution in [0.4, 0.5) is 5.82 Å². The van der Waals surface area contributed by atoms with Gasteiger partial charge in [-0.05, 0) is 32.2 Å². The zero-order valence-electron chi connectivity index (χ0n) is 11.4. The van der Waals surface area contributed by atoms with Crippen LogP contribution in [0.25, 0.3) is 0 Å². The van der Waals surface area contributed by atoms with Crippen LogP contribution in [0.5, 0.6) is 0 Å². The Morgan fingerprint density at radius 2 is 2.22 bits per heavy atom. The molecule has 5 heteroatoms. The zero-order valence-corrected chi connectivity index (χ0v) is 11.4. The normalized spacial score (nSPS) is 12.4. The molecule has 1 aromatic rings. The molecule has 5 nitrogen and oxygen atoms in total. The van der Waals surface area contributed by atoms with Crippen molar-refractivity contribution < 1.29 is 0 Å². The Hall–Kier alpha value is -1.36. The average molecular weight is 252 g/mol. The molecule has 0 aromatic carbocycles. The fourth-order valence-electron chi connectivity index (χ4n) is 2.05. The van der Waals surface area contributed by atoms with Crippen LogP contribution < -0.4 is 16.6 Å². The van der Waals surface area contributed by atoms with E-state index < -0.39 is 0 Å². The third-order valence-corrected chi connectivity index (χ3v) is 3.08. The molecular formula is C13H24N4O. The maximum Gasteiger partial charge on any atom is 0.293 e. The monoisotopic (exact) mass is 252 g/mol. The molecule has 0 radical (unpaired) electrons. The van der Waals surface area contributed by atoms with Gasteiger partial charge in [-0.15, -0.1) is 0 Å². The van der Waals surface area contributed by atoms with Crippen molar-refractivity contribution in [1.29, 1.82) is 0 Å². The summed E-state index contributed by atoms with van der Waals surface area (Å²) >= 11 is 0. The molecule has 0 saturated carbocycles. The third kappa shape index (κ3) is 4.14. The zero-order chi connectivity index (χ0) is 13.4. The van der Waals surface area contributed by atoms with Crippen molar-refractivity contribution in [1.82, 2.24) is 9.55 Å². The van der Waals surface area contributed by atoms with Gasteiger partial charge in [0.15, 0.2) is 5.82 Å². The summed E-state index contributed by atoms with van der Waals surface area (Å²) in [4.78, 5) is 16.0. The topological polar surface area (TPSA) is 72.9 Å². The van der Waals surface area contributed by atoms with E-state index in [-0.39, 0.29) is 5.56 Å². The second kappa shape index (κ2) is 7.87. The first-order chi connectivity index (χ1) is 8.72. The van der Waals surface area contributed by atoms with E-state index in [0.29, 0.717) is 24.8 Å². The Balaban J connectivity index is 2.64. The maximum atomic E-state index is 11.9. The highest BCUT2D eigenvalue weighted by atomic mass is 16.1. The molecule has 0 saturated heterocycles. The second-order valence-corrected chi connectivity index (χ2v) is 4.48. The number of hydrogen-bond donors (Lipinski definition) is 2. The van der Waals surface area contributed by atoms with E-state index in [2.05, 4.69) is 17.2 Å². The van der Waals surface area contributed by atoms with Crippen molar-refractivity contribution in [2.45, 2.75) is 39.7 Å². The van der Waals surface area contributed by atoms with Gasteiger partial charge < -0.3 is 15.6 Å². The van der Waals surface area contributed by atoms with Crippen LogP contribution in [0.1, 0.15) is 33.1 Å². The van der Waals surface area contributed by atoms with Gasteiger partial charge in [0.05, 0.1) is 0 Å². The second-order valence-electron chi connectivity index (χ2n) is 4.48. The predicted molar refractivity (Wildman–Crippen MR) is 74.7 cm³/mol. The van der Waals surface area contributed by atoms with E-state index >= 15 is 0 Å². The Morgan fingerprint density at radius 3 is 2.83 bits per heavy atom. The van der Waals surface area contributed by atoms with Crippen LogP contribution in [-0.4, -0.2) is 22.6 Å². The lowest BCUT2D eigenvalue weighted by molar-refractivity contribution is 0.472. The van der Waals surface area contributed by atoms with Crippen molar-refractivity contribution in [3.63, 3.8) is 0 Å². The van der Waals surface area contributed by atoms with Gasteiger partial charge in [-0.1, -0.05) is 13.3 Å². The number of anilines is 1. The molecule has 0 aliphatic rings. The minimum Gasteiger partial charge on any atom is -0.365 e. The van der Waals surface area contributed by atoms with Crippen molar-refractivity contribution in [2.75, 3.05) is 18.4 Å². The van der Waals surface area contributed by atoms with Crippen LogP contribution in [0, 0.1) is 5.92 Å². The van der Waals surface area contributed by atoms with E-state index in [1.807, 2.05) is 6.92 Å². The van der Waals surface area contributed by atoms with Gasteiger partial charge in [0.25, 0.3) is 5.56 Å². The van der Waals surface area contributed by atoms with Crippen LogP contribution in [0.15, 0.2) is 17.2 Å². The standard InChI is InChI=1S/C13H24N4O/c1-3-5-11(6-7-14)10-16-12-13(18)17(4-2)9-8-15-12/h8-9,11H,3-7,10,14H2,1-2H3,(H,15,16). The molecule has 0 bridgehead atoms. The van der Waals surface area contributed by atoms with Gasteiger partial charge in [0.1, 0.15) is 0 Å². The highest BCUT2D eigenvalue weighted by Crippen LogP contribution is 2.10. The van der Waals surface area contributed by atoms with E-state index in [4.69, 9.17) is 5.73 Å². The number of nitrogens with two attached hydrogens (primary N) is 1. The van der Waals surface area contributed by atoms with Crippen LogP contribution >= 0.6 is 0 Å². The minimum atomic E-state index is -0.0528. The molecule has 1 heterocycles. The summed E-state index contributed by atoms with van der Waals surface area (Å²) < 4.78 is 1.65. The van der Waals surface area contributed by atoms with Gasteiger partial charge in [-0.25, -0.2) is 4.98 Å². The summed E-state index contributed by atoms with van der Waals surface area (Å²) in [5.41, 5.74) is 5.54. The van der Waals surface area contributed by atoms with Gasteiger partial charge in [0, 0.05) is 25.5 Å². The summed E-state index contributed by atoms with van der Waals surface area (Å²) in [5, 5.41) is 3.16. The van der Waals surface area contributed by atoms with E-state index in [1.54, 1.807) is 17.0 Å². The molecule has 18 heavy (non-hydrogen) atoms. The number of aromatic nitrogens is 2. The highest BCUT2D eigenvalue weighted by Gasteiger charge is 2.09. The smallest absolute Gasteiger partial charge is 0.293 e. The molecule has 1 rings (SSSR count). The van der Waals surface area contributed by atoms with Gasteiger partial charge >= 0.3 is 0 Å². The molecule has 3 N–H and O–H groups in total. The lowest BCUT2D eigenvalue weighted by Gasteiger charge is -2.16. The first-order valence-corrected chi connectivity index (χ1v) is 6.72. The van der Waals surface area contributed by atoms with Crippen molar-refractivity contribution >= 4 is 5.82 Å². The quantitative estimate of drug-likeness (QED) is 0.734. The lowest BCUT2D eigenvalue weighted by atomic mass is 10.00. The molecule has 1 unspecified atom stereocenters. The number of rotatable bonds is 8. The molecule has 102 valence electrons. The molecule has 0 spiro atoms. The molecule has 0 aliphatic carbocycles. The van der Waals surface area contributed by atoms with Crippen LogP contribution in [0.2, 0.25) is 0 Å². The Morgan fingerprint density at radius 1 is 1.44 bits per heavy atom. The number of aryl methyl sites for hydroxylation is 1. The maximum absolute atomic E-state index is 11.9. The van der Waals surface area contributed by atoms with Crippen molar-refractivity contribution in [2.24, 2.45) is 11.7 Å². The molecular weight excluding hydrogens is 228 g/mol. The molecule has 0 amide bonds. The van der Waals surface area contributed by atoms with E-state index in [0.717, 1.165) is 25.8 Å². The fourth-order valence-corrected chi connectivity index (χ4v) is 2.05. The molecule has 0 aliphatic heterocycles. The summed E-state index contributed by atoms with van der Waals surface area (Å²) in [6, 6.07) is 0. The summed E-state index contributed by atoms with van der Waals surface area (Å²) in [6.45, 7) is 6.22. The number of nitrogens with zero attached hydrogens (tertiary/aromatic N) is 2. The molecule has 0 fully saturated rings. The van der Waals surface area contributed by atoms with E-state index in [9.17, 15) is 4.79 Å². The minimum absolute atomic E-state index is 0.0528. The average Bonchev–Trinajstić information content (AvgIpc) is 2.38. The Kier molecular flexibility index (Phi) is 6.43. The van der Waals surface area contributed by atoms with Crippen molar-refractivity contribution in [3.8, 4) is 0 Å². The first kappa shape index (κ1) is 14.7. The first-order valence-electron chi connectivity index (χ1n) is 6.72. The highest BCUT2D eigenvalue weighted by molar-refractivity contribution is 5.30. The SMILES string of the molecule is CCCC(CCN)CNc1nccn(CC)c1=O. The third-order valence-electron chi connectivity index (χ3n) is 3.08. The van der Waals surface area contributed by atoms with Gasteiger partial charge in [-0.3, -0.25) is 4.79 Å². The van der Waals surface area contributed by atoms with Gasteiger partial charge in [-0.2, -0.15) is 0 Å². The summed E-state index contributed by atoms with van der Waals surface area (Å²) in [5.74, 6) is 0.953.